The Morgan fingerprint density at radius 3 is 3.00 bits per heavy atom. The van der Waals surface area contributed by atoms with Crippen LogP contribution in [-0.2, 0) is 0 Å². The fourth-order valence-corrected chi connectivity index (χ4v) is 2.63. The van der Waals surface area contributed by atoms with E-state index < -0.39 is 0 Å². The average Bonchev–Trinajstić information content (AvgIpc) is 2.78. The summed E-state index contributed by atoms with van der Waals surface area (Å²) in [6, 6.07) is 5.69. The summed E-state index contributed by atoms with van der Waals surface area (Å²) in [5.74, 6) is 0. The third-order valence-electron chi connectivity index (χ3n) is 2.67. The maximum Gasteiger partial charge on any atom is 0.196 e. The second-order valence-corrected chi connectivity index (χ2v) is 5.03. The van der Waals surface area contributed by atoms with Gasteiger partial charge in [0.25, 0.3) is 0 Å². The molecule has 0 bridgehead atoms. The van der Waals surface area contributed by atoms with Gasteiger partial charge in [-0.05, 0) is 18.6 Å². The van der Waals surface area contributed by atoms with Crippen molar-refractivity contribution in [2.24, 2.45) is 5.73 Å². The predicted octanol–water partition coefficient (Wildman–Crippen LogP) is 0.920. The molecule has 2 aromatic rings. The van der Waals surface area contributed by atoms with Crippen LogP contribution in [0.1, 0.15) is 13.3 Å². The van der Waals surface area contributed by atoms with Gasteiger partial charge in [0, 0.05) is 12.2 Å². The Kier molecular flexibility index (Phi) is 3.98. The van der Waals surface area contributed by atoms with Gasteiger partial charge in [-0.2, -0.15) is 0 Å². The van der Waals surface area contributed by atoms with Crippen molar-refractivity contribution in [2.45, 2.75) is 29.8 Å². The molecule has 92 valence electrons. The molecule has 2 aromatic heterocycles. The third kappa shape index (κ3) is 2.59. The Labute approximate surface area is 104 Å². The molecule has 0 radical (unpaired) electrons. The van der Waals surface area contributed by atoms with Crippen LogP contribution in [0.25, 0.3) is 5.65 Å². The summed E-state index contributed by atoms with van der Waals surface area (Å²) in [5.41, 5.74) is 6.75. The minimum atomic E-state index is -0.0485. The van der Waals surface area contributed by atoms with E-state index >= 15 is 0 Å². The number of nitrogens with zero attached hydrogens (tertiary/aromatic N) is 3. The zero-order valence-corrected chi connectivity index (χ0v) is 10.5. The van der Waals surface area contributed by atoms with Crippen LogP contribution in [0.3, 0.4) is 0 Å². The molecule has 0 aliphatic heterocycles. The first-order valence-corrected chi connectivity index (χ1v) is 6.47. The lowest BCUT2D eigenvalue weighted by atomic mass is 10.2. The number of hydrogen-bond acceptors (Lipinski definition) is 5. The van der Waals surface area contributed by atoms with Crippen LogP contribution in [0.5, 0.6) is 0 Å². The van der Waals surface area contributed by atoms with Crippen molar-refractivity contribution >= 4 is 17.4 Å². The monoisotopic (exact) mass is 252 g/mol. The Morgan fingerprint density at radius 2 is 2.29 bits per heavy atom. The molecule has 0 spiro atoms. The maximum atomic E-state index is 9.34. The van der Waals surface area contributed by atoms with Crippen molar-refractivity contribution in [3.63, 3.8) is 0 Å². The molecule has 0 aliphatic carbocycles. The Hall–Kier alpha value is -1.11. The number of pyridine rings is 1. The van der Waals surface area contributed by atoms with Gasteiger partial charge in [0.15, 0.2) is 10.8 Å². The molecule has 0 fully saturated rings. The first-order chi connectivity index (χ1) is 8.26. The molecular formula is C11H16N4OS. The van der Waals surface area contributed by atoms with Gasteiger partial charge in [0.2, 0.25) is 0 Å². The van der Waals surface area contributed by atoms with Crippen molar-refractivity contribution in [3.05, 3.63) is 24.4 Å². The zero-order chi connectivity index (χ0) is 12.3. The van der Waals surface area contributed by atoms with Crippen LogP contribution in [0.2, 0.25) is 0 Å². The van der Waals surface area contributed by atoms with Gasteiger partial charge < -0.3 is 10.8 Å². The molecule has 2 rings (SSSR count). The van der Waals surface area contributed by atoms with Crippen LogP contribution in [0.4, 0.5) is 0 Å². The number of aliphatic hydroxyl groups excluding tert-OH is 1. The molecule has 17 heavy (non-hydrogen) atoms. The van der Waals surface area contributed by atoms with E-state index in [9.17, 15) is 5.11 Å². The molecule has 2 unspecified atom stereocenters. The van der Waals surface area contributed by atoms with Crippen molar-refractivity contribution in [2.75, 3.05) is 6.61 Å². The molecule has 2 atom stereocenters. The molecule has 0 saturated carbocycles. The Morgan fingerprint density at radius 1 is 1.47 bits per heavy atom. The van der Waals surface area contributed by atoms with E-state index in [0.717, 1.165) is 17.2 Å². The normalized spacial score (nSPS) is 15.0. The second kappa shape index (κ2) is 5.48. The van der Waals surface area contributed by atoms with Gasteiger partial charge in [-0.25, -0.2) is 0 Å². The van der Waals surface area contributed by atoms with Gasteiger partial charge in [0.05, 0.1) is 11.9 Å². The maximum absolute atomic E-state index is 9.34. The number of aliphatic hydroxyl groups is 1. The van der Waals surface area contributed by atoms with Crippen LogP contribution in [-0.4, -0.2) is 37.6 Å². The van der Waals surface area contributed by atoms with E-state index in [1.54, 1.807) is 0 Å². The highest BCUT2D eigenvalue weighted by Gasteiger charge is 2.19. The van der Waals surface area contributed by atoms with Crippen molar-refractivity contribution in [3.8, 4) is 0 Å². The van der Waals surface area contributed by atoms with E-state index in [1.807, 2.05) is 35.7 Å². The highest BCUT2D eigenvalue weighted by molar-refractivity contribution is 7.99. The smallest absolute Gasteiger partial charge is 0.196 e. The molecule has 0 aromatic carbocycles. The lowest BCUT2D eigenvalue weighted by Gasteiger charge is -2.18. The van der Waals surface area contributed by atoms with Gasteiger partial charge in [-0.1, -0.05) is 24.8 Å². The fourth-order valence-electron chi connectivity index (χ4n) is 1.56. The first kappa shape index (κ1) is 12.3. The van der Waals surface area contributed by atoms with Crippen molar-refractivity contribution in [1.29, 1.82) is 0 Å². The van der Waals surface area contributed by atoms with E-state index in [1.165, 1.54) is 11.8 Å². The summed E-state index contributed by atoms with van der Waals surface area (Å²) in [5, 5.41) is 18.2. The standard InChI is InChI=1S/C11H16N4OS/c1-2-8(12)9(7-16)17-11-14-13-10-5-3-4-6-15(10)11/h3-6,8-9,16H,2,7,12H2,1H3. The van der Waals surface area contributed by atoms with Gasteiger partial charge in [0.1, 0.15) is 0 Å². The van der Waals surface area contributed by atoms with E-state index in [0.29, 0.717) is 0 Å². The minimum Gasteiger partial charge on any atom is -0.395 e. The summed E-state index contributed by atoms with van der Waals surface area (Å²) in [6.07, 6.45) is 2.73. The SMILES string of the molecule is CCC(N)C(CO)Sc1nnc2ccccn12. The molecule has 0 saturated heterocycles. The molecular weight excluding hydrogens is 236 g/mol. The van der Waals surface area contributed by atoms with Gasteiger partial charge in [-0.15, -0.1) is 10.2 Å². The third-order valence-corrected chi connectivity index (χ3v) is 3.96. The highest BCUT2D eigenvalue weighted by atomic mass is 32.2. The number of hydrogen-bond donors (Lipinski definition) is 2. The van der Waals surface area contributed by atoms with Gasteiger partial charge >= 0.3 is 0 Å². The van der Waals surface area contributed by atoms with E-state index in [-0.39, 0.29) is 17.9 Å². The molecule has 0 amide bonds. The number of rotatable bonds is 5. The number of fused-ring (bicyclic) bond motifs is 1. The molecule has 3 N–H and O–H groups in total. The molecule has 0 aliphatic rings. The summed E-state index contributed by atoms with van der Waals surface area (Å²) >= 11 is 1.47. The van der Waals surface area contributed by atoms with Gasteiger partial charge in [-0.3, -0.25) is 4.40 Å². The predicted molar refractivity (Wildman–Crippen MR) is 68.0 cm³/mol. The van der Waals surface area contributed by atoms with Crippen molar-refractivity contribution in [1.82, 2.24) is 14.6 Å². The topological polar surface area (TPSA) is 76.4 Å². The fraction of sp³-hybridized carbons (Fsp3) is 0.455. The lowest BCUT2D eigenvalue weighted by Crippen LogP contribution is -2.34. The van der Waals surface area contributed by atoms with Crippen LogP contribution >= 0.6 is 11.8 Å². The molecule has 6 heteroatoms. The van der Waals surface area contributed by atoms with Crippen LogP contribution in [0, 0.1) is 0 Å². The Balaban J connectivity index is 2.22. The van der Waals surface area contributed by atoms with Crippen LogP contribution in [0.15, 0.2) is 29.6 Å². The molecule has 5 nitrogen and oxygen atoms in total. The van der Waals surface area contributed by atoms with Crippen molar-refractivity contribution < 1.29 is 5.11 Å². The Bertz CT molecular complexity index is 487. The first-order valence-electron chi connectivity index (χ1n) is 5.59. The largest absolute Gasteiger partial charge is 0.395 e. The average molecular weight is 252 g/mol. The summed E-state index contributed by atoms with van der Waals surface area (Å²) in [7, 11) is 0. The lowest BCUT2D eigenvalue weighted by molar-refractivity contribution is 0.281. The summed E-state index contributed by atoms with van der Waals surface area (Å²) < 4.78 is 1.90. The molecule has 2 heterocycles. The van der Waals surface area contributed by atoms with E-state index in [4.69, 9.17) is 5.73 Å². The zero-order valence-electron chi connectivity index (χ0n) is 9.65. The van der Waals surface area contributed by atoms with Crippen LogP contribution < -0.4 is 5.73 Å². The minimum absolute atomic E-state index is 0.0407. The number of nitrogens with two attached hydrogens (primary N) is 1. The highest BCUT2D eigenvalue weighted by Crippen LogP contribution is 2.24. The summed E-state index contributed by atoms with van der Waals surface area (Å²) in [4.78, 5) is 0. The second-order valence-electron chi connectivity index (χ2n) is 3.82. The summed E-state index contributed by atoms with van der Waals surface area (Å²) in [6.45, 7) is 2.05. The number of thioether (sulfide) groups is 1. The quantitative estimate of drug-likeness (QED) is 0.774. The van der Waals surface area contributed by atoms with E-state index in [2.05, 4.69) is 10.2 Å². The number of aromatic nitrogens is 3.